The Bertz CT molecular complexity index is 579. The number of amides is 2. The van der Waals surface area contributed by atoms with Gasteiger partial charge in [0.2, 0.25) is 0 Å². The third kappa shape index (κ3) is 2.55. The van der Waals surface area contributed by atoms with E-state index in [1.54, 1.807) is 6.92 Å². The second-order valence-electron chi connectivity index (χ2n) is 4.98. The molecule has 1 fully saturated rings. The van der Waals surface area contributed by atoms with Gasteiger partial charge >= 0.3 is 12.0 Å². The summed E-state index contributed by atoms with van der Waals surface area (Å²) in [6.45, 7) is 1.95. The van der Waals surface area contributed by atoms with Crippen LogP contribution >= 0.6 is 0 Å². The minimum atomic E-state index is -1.28. The summed E-state index contributed by atoms with van der Waals surface area (Å²) in [5, 5.41) is 11.6. The Hall–Kier alpha value is -2.18. The summed E-state index contributed by atoms with van der Waals surface area (Å²) in [4.78, 5) is 24.9. The fourth-order valence-electron chi connectivity index (χ4n) is 2.70. The van der Waals surface area contributed by atoms with Gasteiger partial charge in [-0.3, -0.25) is 0 Å². The van der Waals surface area contributed by atoms with Crippen molar-refractivity contribution in [2.45, 2.75) is 31.7 Å². The third-order valence-electron chi connectivity index (χ3n) is 3.91. The van der Waals surface area contributed by atoms with Crippen LogP contribution in [0.1, 0.15) is 26.2 Å². The van der Waals surface area contributed by atoms with E-state index in [2.05, 4.69) is 5.32 Å². The van der Waals surface area contributed by atoms with Crippen LogP contribution in [0.5, 0.6) is 0 Å². The number of urea groups is 1. The molecule has 0 spiro atoms. The number of hydrogen-bond acceptors (Lipinski definition) is 2. The number of benzene rings is 1. The Morgan fingerprint density at radius 1 is 1.43 bits per heavy atom. The molecule has 0 bridgehead atoms. The van der Waals surface area contributed by atoms with E-state index in [4.69, 9.17) is 0 Å². The number of carboxylic acid groups (broad SMARTS) is 1. The Balaban J connectivity index is 2.24. The lowest BCUT2D eigenvalue weighted by Gasteiger charge is -2.33. The van der Waals surface area contributed by atoms with Gasteiger partial charge in [0, 0.05) is 6.54 Å². The van der Waals surface area contributed by atoms with Crippen LogP contribution in [0.4, 0.5) is 19.3 Å². The van der Waals surface area contributed by atoms with Gasteiger partial charge in [0.05, 0.1) is 5.69 Å². The number of nitrogens with zero attached hydrogens (tertiary/aromatic N) is 1. The van der Waals surface area contributed by atoms with Crippen LogP contribution in [0.3, 0.4) is 0 Å². The average Bonchev–Trinajstić information content (AvgIpc) is 2.89. The largest absolute Gasteiger partial charge is 0.479 e. The van der Waals surface area contributed by atoms with E-state index in [0.717, 1.165) is 6.07 Å². The minimum Gasteiger partial charge on any atom is -0.479 e. The van der Waals surface area contributed by atoms with Crippen molar-refractivity contribution in [3.8, 4) is 0 Å². The maximum Gasteiger partial charge on any atom is 0.329 e. The van der Waals surface area contributed by atoms with Crippen molar-refractivity contribution in [1.29, 1.82) is 0 Å². The lowest BCUT2D eigenvalue weighted by Crippen LogP contribution is -2.54. The summed E-state index contributed by atoms with van der Waals surface area (Å²) in [7, 11) is 0. The van der Waals surface area contributed by atoms with Gasteiger partial charge in [0.1, 0.15) is 5.54 Å². The topological polar surface area (TPSA) is 69.6 Å². The molecule has 0 aliphatic carbocycles. The van der Waals surface area contributed by atoms with Gasteiger partial charge in [-0.1, -0.05) is 13.0 Å². The van der Waals surface area contributed by atoms with Crippen LogP contribution in [0.2, 0.25) is 0 Å². The molecule has 1 atom stereocenters. The number of hydrogen-bond donors (Lipinski definition) is 2. The number of anilines is 1. The maximum atomic E-state index is 13.6. The summed E-state index contributed by atoms with van der Waals surface area (Å²) in [5.41, 5.74) is -1.59. The zero-order valence-corrected chi connectivity index (χ0v) is 11.5. The van der Waals surface area contributed by atoms with Gasteiger partial charge in [-0.05, 0) is 31.4 Å². The molecule has 0 saturated carbocycles. The molecule has 0 radical (unpaired) electrons. The molecule has 1 aliphatic rings. The molecule has 0 aromatic heterocycles. The highest BCUT2D eigenvalue weighted by molar-refractivity contribution is 5.94. The molecule has 1 heterocycles. The zero-order chi connectivity index (χ0) is 15.6. The number of carboxylic acids is 1. The van der Waals surface area contributed by atoms with Crippen LogP contribution in [-0.2, 0) is 4.79 Å². The van der Waals surface area contributed by atoms with E-state index in [1.807, 2.05) is 0 Å². The normalized spacial score (nSPS) is 21.4. The molecule has 2 amide bonds. The lowest BCUT2D eigenvalue weighted by atomic mass is 9.93. The highest BCUT2D eigenvalue weighted by atomic mass is 19.2. The van der Waals surface area contributed by atoms with Crippen LogP contribution in [0, 0.1) is 11.6 Å². The van der Waals surface area contributed by atoms with Gasteiger partial charge in [-0.15, -0.1) is 0 Å². The number of likely N-dealkylation sites (tertiary alicyclic amines) is 1. The highest BCUT2D eigenvalue weighted by Gasteiger charge is 2.48. The molecule has 1 saturated heterocycles. The number of carbonyl (C=O) groups excluding carboxylic acids is 1. The van der Waals surface area contributed by atoms with Crippen molar-refractivity contribution < 1.29 is 23.5 Å². The minimum absolute atomic E-state index is 0.251. The van der Waals surface area contributed by atoms with E-state index in [-0.39, 0.29) is 18.7 Å². The number of rotatable bonds is 3. The molecule has 2 N–H and O–H groups in total. The van der Waals surface area contributed by atoms with E-state index >= 15 is 0 Å². The third-order valence-corrected chi connectivity index (χ3v) is 3.91. The molecule has 1 aromatic rings. The fraction of sp³-hybridized carbons (Fsp3) is 0.429. The quantitative estimate of drug-likeness (QED) is 0.901. The van der Waals surface area contributed by atoms with Gasteiger partial charge < -0.3 is 15.3 Å². The van der Waals surface area contributed by atoms with E-state index in [9.17, 15) is 23.5 Å². The van der Waals surface area contributed by atoms with E-state index in [0.29, 0.717) is 12.8 Å². The first-order valence-electron chi connectivity index (χ1n) is 6.68. The van der Waals surface area contributed by atoms with Crippen molar-refractivity contribution >= 4 is 17.7 Å². The molecule has 21 heavy (non-hydrogen) atoms. The fourth-order valence-corrected chi connectivity index (χ4v) is 2.70. The lowest BCUT2D eigenvalue weighted by molar-refractivity contribution is -0.148. The first-order chi connectivity index (χ1) is 9.92. The molecule has 1 unspecified atom stereocenters. The predicted molar refractivity (Wildman–Crippen MR) is 72.0 cm³/mol. The van der Waals surface area contributed by atoms with E-state index in [1.165, 1.54) is 17.0 Å². The summed E-state index contributed by atoms with van der Waals surface area (Å²) >= 11 is 0. The summed E-state index contributed by atoms with van der Waals surface area (Å²) in [6.07, 6.45) is 1.15. The monoisotopic (exact) mass is 298 g/mol. The van der Waals surface area contributed by atoms with Crippen molar-refractivity contribution in [3.63, 3.8) is 0 Å². The Morgan fingerprint density at radius 3 is 2.76 bits per heavy atom. The predicted octanol–water partition coefficient (Wildman–Crippen LogP) is 2.83. The smallest absolute Gasteiger partial charge is 0.329 e. The number of nitrogens with one attached hydrogen (secondary N) is 1. The van der Waals surface area contributed by atoms with Gasteiger partial charge in [-0.2, -0.15) is 0 Å². The maximum absolute atomic E-state index is 13.6. The van der Waals surface area contributed by atoms with Crippen molar-refractivity contribution in [1.82, 2.24) is 4.90 Å². The van der Waals surface area contributed by atoms with E-state index < -0.39 is 29.2 Å². The molecule has 1 aliphatic heterocycles. The molecular weight excluding hydrogens is 282 g/mol. The van der Waals surface area contributed by atoms with Gasteiger partial charge in [0.15, 0.2) is 11.6 Å². The van der Waals surface area contributed by atoms with Crippen molar-refractivity contribution in [3.05, 3.63) is 29.8 Å². The van der Waals surface area contributed by atoms with Crippen molar-refractivity contribution in [2.75, 3.05) is 11.9 Å². The Kier molecular flexibility index (Phi) is 4.11. The number of aliphatic carboxylic acids is 1. The van der Waals surface area contributed by atoms with Crippen LogP contribution in [0.15, 0.2) is 18.2 Å². The first-order valence-corrected chi connectivity index (χ1v) is 6.68. The molecule has 2 rings (SSSR count). The second kappa shape index (κ2) is 5.67. The molecule has 114 valence electrons. The molecular formula is C14H16F2N2O3. The van der Waals surface area contributed by atoms with Crippen LogP contribution in [0.25, 0.3) is 0 Å². The first kappa shape index (κ1) is 15.2. The van der Waals surface area contributed by atoms with Crippen LogP contribution in [-0.4, -0.2) is 34.1 Å². The second-order valence-corrected chi connectivity index (χ2v) is 4.98. The average molecular weight is 298 g/mol. The zero-order valence-electron chi connectivity index (χ0n) is 11.5. The molecule has 5 nitrogen and oxygen atoms in total. The van der Waals surface area contributed by atoms with Crippen molar-refractivity contribution in [2.24, 2.45) is 0 Å². The number of carbonyl (C=O) groups is 2. The van der Waals surface area contributed by atoms with Gasteiger partial charge in [0.25, 0.3) is 0 Å². The summed E-state index contributed by atoms with van der Waals surface area (Å²) < 4.78 is 26.7. The standard InChI is InChI=1S/C14H16F2N2O3/c1-2-14(12(19)20)7-4-8-18(14)13(21)17-10-6-3-5-9(15)11(10)16/h3,5-6H,2,4,7-8H2,1H3,(H,17,21)(H,19,20). The highest BCUT2D eigenvalue weighted by Crippen LogP contribution is 2.33. The summed E-state index contributed by atoms with van der Waals surface area (Å²) in [5.74, 6) is -3.32. The SMILES string of the molecule is CCC1(C(=O)O)CCCN1C(=O)Nc1cccc(F)c1F. The Morgan fingerprint density at radius 2 is 2.14 bits per heavy atom. The van der Waals surface area contributed by atoms with Gasteiger partial charge in [-0.25, -0.2) is 18.4 Å². The molecule has 7 heteroatoms. The number of halogens is 2. The van der Waals surface area contributed by atoms with Crippen LogP contribution < -0.4 is 5.32 Å². The molecule has 1 aromatic carbocycles. The Labute approximate surface area is 120 Å². The summed E-state index contributed by atoms with van der Waals surface area (Å²) in [6, 6.07) is 2.69.